The molecule has 0 aliphatic carbocycles. The van der Waals surface area contributed by atoms with Gasteiger partial charge < -0.3 is 19.1 Å². The van der Waals surface area contributed by atoms with E-state index in [0.29, 0.717) is 37.6 Å². The van der Waals surface area contributed by atoms with Crippen LogP contribution < -0.4 is 4.74 Å². The SMILES string of the molecule is COC(=O)C1CCN(C(=O)COC(=O)COc2ccc(C(C)C)cc2)CC1. The van der Waals surface area contributed by atoms with Crippen molar-refractivity contribution in [2.24, 2.45) is 5.92 Å². The monoisotopic (exact) mass is 377 g/mol. The lowest BCUT2D eigenvalue weighted by atomic mass is 9.97. The number of nitrogens with zero attached hydrogens (tertiary/aromatic N) is 1. The summed E-state index contributed by atoms with van der Waals surface area (Å²) in [6.45, 7) is 4.53. The van der Waals surface area contributed by atoms with Crippen LogP contribution in [0.1, 0.15) is 38.2 Å². The van der Waals surface area contributed by atoms with Crippen LogP contribution in [-0.2, 0) is 23.9 Å². The number of esters is 2. The van der Waals surface area contributed by atoms with Crippen molar-refractivity contribution in [1.82, 2.24) is 4.90 Å². The second kappa shape index (κ2) is 9.94. The predicted molar refractivity (Wildman–Crippen MR) is 98.3 cm³/mol. The molecule has 2 rings (SSSR count). The molecule has 1 aliphatic rings. The van der Waals surface area contributed by atoms with Crippen LogP contribution in [0.5, 0.6) is 5.75 Å². The second-order valence-electron chi connectivity index (χ2n) is 6.85. The van der Waals surface area contributed by atoms with Gasteiger partial charge in [0.2, 0.25) is 0 Å². The summed E-state index contributed by atoms with van der Waals surface area (Å²) in [4.78, 5) is 37.0. The zero-order valence-electron chi connectivity index (χ0n) is 16.1. The Morgan fingerprint density at radius 1 is 1.07 bits per heavy atom. The lowest BCUT2D eigenvalue weighted by Gasteiger charge is -2.30. The standard InChI is InChI=1S/C20H27NO6/c1-14(2)15-4-6-17(7-5-15)26-13-19(23)27-12-18(22)21-10-8-16(9-11-21)20(24)25-3/h4-7,14,16H,8-13H2,1-3H3. The third-order valence-electron chi connectivity index (χ3n) is 4.64. The Labute approximate surface area is 159 Å². The molecule has 0 radical (unpaired) electrons. The summed E-state index contributed by atoms with van der Waals surface area (Å²) in [5, 5.41) is 0. The van der Waals surface area contributed by atoms with E-state index >= 15 is 0 Å². The molecule has 7 nitrogen and oxygen atoms in total. The van der Waals surface area contributed by atoms with Crippen LogP contribution in [0.3, 0.4) is 0 Å². The van der Waals surface area contributed by atoms with Crippen molar-refractivity contribution < 1.29 is 28.6 Å². The van der Waals surface area contributed by atoms with Crippen molar-refractivity contribution in [3.8, 4) is 5.75 Å². The Balaban J connectivity index is 1.68. The molecule has 0 unspecified atom stereocenters. The number of amides is 1. The van der Waals surface area contributed by atoms with Crippen molar-refractivity contribution in [3.05, 3.63) is 29.8 Å². The maximum absolute atomic E-state index is 12.1. The summed E-state index contributed by atoms with van der Waals surface area (Å²) in [6, 6.07) is 7.51. The fourth-order valence-corrected chi connectivity index (χ4v) is 2.90. The molecule has 148 valence electrons. The molecule has 1 heterocycles. The first kappa shape index (κ1) is 20.7. The van der Waals surface area contributed by atoms with Crippen molar-refractivity contribution >= 4 is 17.8 Å². The number of benzene rings is 1. The van der Waals surface area contributed by atoms with Gasteiger partial charge in [-0.1, -0.05) is 26.0 Å². The van der Waals surface area contributed by atoms with Crippen molar-refractivity contribution in [2.45, 2.75) is 32.6 Å². The molecule has 0 bridgehead atoms. The molecule has 0 aromatic heterocycles. The lowest BCUT2D eigenvalue weighted by molar-refractivity contribution is -0.155. The number of hydrogen-bond acceptors (Lipinski definition) is 6. The first-order chi connectivity index (χ1) is 12.9. The highest BCUT2D eigenvalue weighted by atomic mass is 16.6. The van der Waals surface area contributed by atoms with E-state index in [-0.39, 0.29) is 31.0 Å². The highest BCUT2D eigenvalue weighted by Gasteiger charge is 2.28. The lowest BCUT2D eigenvalue weighted by Crippen LogP contribution is -2.42. The normalized spacial score (nSPS) is 14.7. The molecule has 1 aromatic rings. The first-order valence-corrected chi connectivity index (χ1v) is 9.14. The van der Waals surface area contributed by atoms with Crippen LogP contribution in [0.25, 0.3) is 0 Å². The predicted octanol–water partition coefficient (Wildman–Crippen LogP) is 2.14. The maximum atomic E-state index is 12.1. The highest BCUT2D eigenvalue weighted by molar-refractivity contribution is 5.81. The van der Waals surface area contributed by atoms with Gasteiger partial charge in [-0.3, -0.25) is 9.59 Å². The van der Waals surface area contributed by atoms with Gasteiger partial charge >= 0.3 is 11.9 Å². The van der Waals surface area contributed by atoms with Crippen molar-refractivity contribution in [1.29, 1.82) is 0 Å². The molecule has 1 aliphatic heterocycles. The Bertz CT molecular complexity index is 647. The van der Waals surface area contributed by atoms with Crippen LogP contribution in [0.4, 0.5) is 0 Å². The van der Waals surface area contributed by atoms with E-state index in [0.717, 1.165) is 0 Å². The smallest absolute Gasteiger partial charge is 0.344 e. The van der Waals surface area contributed by atoms with Gasteiger partial charge in [0.1, 0.15) is 5.75 Å². The van der Waals surface area contributed by atoms with E-state index in [4.69, 9.17) is 14.2 Å². The number of ether oxygens (including phenoxy) is 3. The van der Waals surface area contributed by atoms with Gasteiger partial charge in [0.05, 0.1) is 13.0 Å². The maximum Gasteiger partial charge on any atom is 0.344 e. The van der Waals surface area contributed by atoms with Gasteiger partial charge in [-0.15, -0.1) is 0 Å². The fraction of sp³-hybridized carbons (Fsp3) is 0.550. The van der Waals surface area contributed by atoms with Crippen LogP contribution in [0, 0.1) is 5.92 Å². The summed E-state index contributed by atoms with van der Waals surface area (Å²) in [5.41, 5.74) is 1.19. The Morgan fingerprint density at radius 2 is 1.70 bits per heavy atom. The number of carbonyl (C=O) groups is 3. The number of methoxy groups -OCH3 is 1. The van der Waals surface area contributed by atoms with Gasteiger partial charge in [0.15, 0.2) is 13.2 Å². The molecule has 1 fully saturated rings. The molecule has 0 atom stereocenters. The molecular weight excluding hydrogens is 350 g/mol. The van der Waals surface area contributed by atoms with E-state index < -0.39 is 5.97 Å². The quantitative estimate of drug-likeness (QED) is 0.677. The minimum Gasteiger partial charge on any atom is -0.482 e. The summed E-state index contributed by atoms with van der Waals surface area (Å²) < 4.78 is 15.1. The number of piperidine rings is 1. The minimum atomic E-state index is -0.597. The van der Waals surface area contributed by atoms with E-state index in [1.165, 1.54) is 12.7 Å². The van der Waals surface area contributed by atoms with Gasteiger partial charge in [-0.2, -0.15) is 0 Å². The molecule has 1 amide bonds. The van der Waals surface area contributed by atoms with Crippen LogP contribution in [-0.4, -0.2) is 56.2 Å². The zero-order chi connectivity index (χ0) is 19.8. The average molecular weight is 377 g/mol. The number of hydrogen-bond donors (Lipinski definition) is 0. The minimum absolute atomic E-state index is 0.169. The van der Waals surface area contributed by atoms with E-state index in [1.54, 1.807) is 17.0 Å². The summed E-state index contributed by atoms with van der Waals surface area (Å²) in [6.07, 6.45) is 1.11. The average Bonchev–Trinajstić information content (AvgIpc) is 2.70. The Kier molecular flexibility index (Phi) is 7.64. The Morgan fingerprint density at radius 3 is 2.26 bits per heavy atom. The number of likely N-dealkylation sites (tertiary alicyclic amines) is 1. The topological polar surface area (TPSA) is 82.1 Å². The summed E-state index contributed by atoms with van der Waals surface area (Å²) in [5.74, 6) is -0.279. The molecule has 7 heteroatoms. The van der Waals surface area contributed by atoms with E-state index in [1.807, 2.05) is 12.1 Å². The van der Waals surface area contributed by atoms with Crippen LogP contribution in [0.2, 0.25) is 0 Å². The van der Waals surface area contributed by atoms with Gasteiger partial charge in [-0.05, 0) is 36.5 Å². The third-order valence-corrected chi connectivity index (χ3v) is 4.64. The van der Waals surface area contributed by atoms with Gasteiger partial charge in [-0.25, -0.2) is 4.79 Å². The molecule has 0 spiro atoms. The Hall–Kier alpha value is -2.57. The first-order valence-electron chi connectivity index (χ1n) is 9.14. The molecule has 27 heavy (non-hydrogen) atoms. The number of carbonyl (C=O) groups excluding carboxylic acids is 3. The van der Waals surface area contributed by atoms with Gasteiger partial charge in [0, 0.05) is 13.1 Å². The second-order valence-corrected chi connectivity index (χ2v) is 6.85. The highest BCUT2D eigenvalue weighted by Crippen LogP contribution is 2.19. The van der Waals surface area contributed by atoms with Crippen LogP contribution >= 0.6 is 0 Å². The zero-order valence-corrected chi connectivity index (χ0v) is 16.1. The van der Waals surface area contributed by atoms with Gasteiger partial charge in [0.25, 0.3) is 5.91 Å². The van der Waals surface area contributed by atoms with Crippen molar-refractivity contribution in [2.75, 3.05) is 33.4 Å². The fourth-order valence-electron chi connectivity index (χ4n) is 2.90. The summed E-state index contributed by atoms with van der Waals surface area (Å²) >= 11 is 0. The van der Waals surface area contributed by atoms with Crippen LogP contribution in [0.15, 0.2) is 24.3 Å². The third kappa shape index (κ3) is 6.27. The van der Waals surface area contributed by atoms with Crippen molar-refractivity contribution in [3.63, 3.8) is 0 Å². The molecule has 0 saturated carbocycles. The molecule has 1 aromatic carbocycles. The largest absolute Gasteiger partial charge is 0.482 e. The molecule has 0 N–H and O–H groups in total. The van der Waals surface area contributed by atoms with E-state index in [9.17, 15) is 14.4 Å². The molecular formula is C20H27NO6. The molecule has 1 saturated heterocycles. The number of rotatable bonds is 7. The van der Waals surface area contributed by atoms with E-state index in [2.05, 4.69) is 13.8 Å². The summed E-state index contributed by atoms with van der Waals surface area (Å²) in [7, 11) is 1.36.